The molecule has 0 spiro atoms. The molecule has 0 atom stereocenters. The highest BCUT2D eigenvalue weighted by Gasteiger charge is 2.17. The van der Waals surface area contributed by atoms with E-state index in [1.54, 1.807) is 42.6 Å². The van der Waals surface area contributed by atoms with Crippen molar-refractivity contribution in [2.24, 2.45) is 0 Å². The summed E-state index contributed by atoms with van der Waals surface area (Å²) in [6.45, 7) is 0. The number of ether oxygens (including phenoxy) is 1. The monoisotopic (exact) mass is 497 g/mol. The average molecular weight is 498 g/mol. The van der Waals surface area contributed by atoms with Gasteiger partial charge in [-0.2, -0.15) is 0 Å². The second-order valence-electron chi connectivity index (χ2n) is 7.25. The van der Waals surface area contributed by atoms with Crippen LogP contribution in [0.4, 0.5) is 15.2 Å². The van der Waals surface area contributed by atoms with Crippen molar-refractivity contribution in [2.45, 2.75) is 11.3 Å². The van der Waals surface area contributed by atoms with E-state index < -0.39 is 15.9 Å². The van der Waals surface area contributed by atoms with Crippen LogP contribution >= 0.6 is 11.3 Å². The normalized spacial score (nSPS) is 11.1. The molecule has 0 unspecified atom stereocenters. The molecule has 1 aromatic heterocycles. The van der Waals surface area contributed by atoms with Crippen molar-refractivity contribution in [2.75, 3.05) is 17.1 Å². The van der Waals surface area contributed by atoms with Gasteiger partial charge in [-0.1, -0.05) is 18.2 Å². The Morgan fingerprint density at radius 2 is 1.79 bits per heavy atom. The molecule has 4 rings (SSSR count). The SMILES string of the molecule is COc1ccc(NS(=O)(=O)c2cccc(C(=O)Nc3ncc(Cc4ccc(F)cc4)s3)c2)cc1. The lowest BCUT2D eigenvalue weighted by Gasteiger charge is -2.10. The predicted octanol–water partition coefficient (Wildman–Crippen LogP) is 4.93. The Morgan fingerprint density at radius 1 is 1.06 bits per heavy atom. The number of carbonyl (C=O) groups excluding carboxylic acids is 1. The standard InChI is InChI=1S/C24H20FN3O4S2/c1-32-20-11-9-19(10-12-20)28-34(30,31)22-4-2-3-17(14-22)23(29)27-24-26-15-21(33-24)13-16-5-7-18(25)8-6-16/h2-12,14-15,28H,13H2,1H3,(H,26,27,29). The van der Waals surface area contributed by atoms with Crippen LogP contribution in [0.15, 0.2) is 83.9 Å². The van der Waals surface area contributed by atoms with Gasteiger partial charge in [-0.3, -0.25) is 14.8 Å². The second kappa shape index (κ2) is 10.0. The van der Waals surface area contributed by atoms with Gasteiger partial charge in [0.1, 0.15) is 11.6 Å². The van der Waals surface area contributed by atoms with Crippen LogP contribution in [0, 0.1) is 5.82 Å². The number of nitrogens with zero attached hydrogens (tertiary/aromatic N) is 1. The predicted molar refractivity (Wildman–Crippen MR) is 130 cm³/mol. The summed E-state index contributed by atoms with van der Waals surface area (Å²) in [6.07, 6.45) is 2.20. The van der Waals surface area contributed by atoms with Crippen molar-refractivity contribution in [1.29, 1.82) is 0 Å². The molecule has 0 radical (unpaired) electrons. The first kappa shape index (κ1) is 23.4. The second-order valence-corrected chi connectivity index (χ2v) is 10.0. The molecule has 0 bridgehead atoms. The molecule has 3 aromatic carbocycles. The van der Waals surface area contributed by atoms with Gasteiger partial charge in [-0.25, -0.2) is 17.8 Å². The smallest absolute Gasteiger partial charge is 0.261 e. The summed E-state index contributed by atoms with van der Waals surface area (Å²) >= 11 is 1.29. The van der Waals surface area contributed by atoms with Gasteiger partial charge < -0.3 is 4.74 Å². The van der Waals surface area contributed by atoms with Crippen LogP contribution in [-0.2, 0) is 16.4 Å². The van der Waals surface area contributed by atoms with Crippen molar-refractivity contribution in [3.05, 3.63) is 101 Å². The van der Waals surface area contributed by atoms with Crippen LogP contribution in [0.2, 0.25) is 0 Å². The number of aromatic nitrogens is 1. The Hall–Kier alpha value is -3.76. The Kier molecular flexibility index (Phi) is 6.90. The quantitative estimate of drug-likeness (QED) is 0.360. The Balaban J connectivity index is 1.44. The van der Waals surface area contributed by atoms with Crippen LogP contribution in [0.25, 0.3) is 0 Å². The number of sulfonamides is 1. The number of methoxy groups -OCH3 is 1. The van der Waals surface area contributed by atoms with Crippen LogP contribution < -0.4 is 14.8 Å². The molecule has 10 heteroatoms. The third-order valence-corrected chi connectivity index (χ3v) is 7.11. The first-order valence-electron chi connectivity index (χ1n) is 10.1. The molecular formula is C24H20FN3O4S2. The molecule has 2 N–H and O–H groups in total. The number of hydrogen-bond donors (Lipinski definition) is 2. The fraction of sp³-hybridized carbons (Fsp3) is 0.0833. The summed E-state index contributed by atoms with van der Waals surface area (Å²) in [5.74, 6) is -0.182. The van der Waals surface area contributed by atoms with Crippen LogP contribution in [0.5, 0.6) is 5.75 Å². The van der Waals surface area contributed by atoms with Crippen molar-refractivity contribution in [3.63, 3.8) is 0 Å². The van der Waals surface area contributed by atoms with Crippen LogP contribution in [-0.4, -0.2) is 26.4 Å². The zero-order valence-electron chi connectivity index (χ0n) is 18.0. The Morgan fingerprint density at radius 3 is 2.50 bits per heavy atom. The van der Waals surface area contributed by atoms with Gasteiger partial charge >= 0.3 is 0 Å². The van der Waals surface area contributed by atoms with E-state index in [1.165, 1.54) is 54.8 Å². The minimum Gasteiger partial charge on any atom is -0.497 e. The van der Waals surface area contributed by atoms with E-state index >= 15 is 0 Å². The number of hydrogen-bond acceptors (Lipinski definition) is 6. The van der Waals surface area contributed by atoms with Crippen molar-refractivity contribution >= 4 is 38.1 Å². The zero-order chi connectivity index (χ0) is 24.1. The molecule has 1 amide bonds. The highest BCUT2D eigenvalue weighted by Crippen LogP contribution is 2.23. The van der Waals surface area contributed by atoms with Gasteiger partial charge in [-0.15, -0.1) is 11.3 Å². The maximum atomic E-state index is 13.1. The maximum Gasteiger partial charge on any atom is 0.261 e. The topological polar surface area (TPSA) is 97.4 Å². The molecule has 0 fully saturated rings. The van der Waals surface area contributed by atoms with Gasteiger partial charge in [0.25, 0.3) is 15.9 Å². The van der Waals surface area contributed by atoms with Gasteiger partial charge in [0.15, 0.2) is 5.13 Å². The number of halogens is 1. The number of thiazole rings is 1. The van der Waals surface area contributed by atoms with Crippen molar-refractivity contribution < 1.29 is 22.3 Å². The van der Waals surface area contributed by atoms with Crippen LogP contribution in [0.1, 0.15) is 20.8 Å². The number of amides is 1. The molecule has 0 aliphatic heterocycles. The molecule has 174 valence electrons. The maximum absolute atomic E-state index is 13.1. The number of rotatable bonds is 8. The van der Waals surface area contributed by atoms with E-state index in [0.29, 0.717) is 23.0 Å². The van der Waals surface area contributed by atoms with E-state index in [2.05, 4.69) is 15.0 Å². The molecule has 0 saturated heterocycles. The lowest BCUT2D eigenvalue weighted by Crippen LogP contribution is -2.15. The summed E-state index contributed by atoms with van der Waals surface area (Å²) in [5.41, 5.74) is 1.46. The summed E-state index contributed by atoms with van der Waals surface area (Å²) in [5, 5.41) is 3.08. The highest BCUT2D eigenvalue weighted by atomic mass is 32.2. The third-order valence-electron chi connectivity index (χ3n) is 4.81. The molecular weight excluding hydrogens is 477 g/mol. The van der Waals surface area contributed by atoms with E-state index in [1.807, 2.05) is 0 Å². The van der Waals surface area contributed by atoms with Gasteiger partial charge in [0.05, 0.1) is 12.0 Å². The Bertz CT molecular complexity index is 1400. The number of anilines is 2. The molecule has 0 aliphatic rings. The fourth-order valence-electron chi connectivity index (χ4n) is 3.10. The number of benzene rings is 3. The summed E-state index contributed by atoms with van der Waals surface area (Å²) in [6, 6.07) is 18.3. The van der Waals surface area contributed by atoms with E-state index in [0.717, 1.165) is 10.4 Å². The van der Waals surface area contributed by atoms with E-state index in [4.69, 9.17) is 4.74 Å². The van der Waals surface area contributed by atoms with E-state index in [9.17, 15) is 17.6 Å². The number of nitrogens with one attached hydrogen (secondary N) is 2. The van der Waals surface area contributed by atoms with Gasteiger partial charge in [-0.05, 0) is 60.2 Å². The van der Waals surface area contributed by atoms with Gasteiger partial charge in [0, 0.05) is 28.7 Å². The molecule has 4 aromatic rings. The third kappa shape index (κ3) is 5.77. The van der Waals surface area contributed by atoms with Gasteiger partial charge in [0.2, 0.25) is 0 Å². The Labute approximate surface area is 200 Å². The molecule has 34 heavy (non-hydrogen) atoms. The fourth-order valence-corrected chi connectivity index (χ4v) is 5.04. The molecule has 0 aliphatic carbocycles. The summed E-state index contributed by atoms with van der Waals surface area (Å²) < 4.78 is 46.2. The zero-order valence-corrected chi connectivity index (χ0v) is 19.6. The lowest BCUT2D eigenvalue weighted by molar-refractivity contribution is 0.102. The lowest BCUT2D eigenvalue weighted by atomic mass is 10.1. The van der Waals surface area contributed by atoms with E-state index in [-0.39, 0.29) is 16.3 Å². The summed E-state index contributed by atoms with van der Waals surface area (Å²) in [4.78, 5) is 17.8. The minimum absolute atomic E-state index is 0.0490. The number of carbonyl (C=O) groups is 1. The first-order chi connectivity index (χ1) is 16.3. The highest BCUT2D eigenvalue weighted by molar-refractivity contribution is 7.92. The van der Waals surface area contributed by atoms with Crippen LogP contribution in [0.3, 0.4) is 0 Å². The minimum atomic E-state index is -3.91. The molecule has 7 nitrogen and oxygen atoms in total. The van der Waals surface area contributed by atoms with Crippen molar-refractivity contribution in [1.82, 2.24) is 4.98 Å². The largest absolute Gasteiger partial charge is 0.497 e. The average Bonchev–Trinajstić information content (AvgIpc) is 3.27. The summed E-state index contributed by atoms with van der Waals surface area (Å²) in [7, 11) is -2.38. The molecule has 1 heterocycles. The first-order valence-corrected chi connectivity index (χ1v) is 12.4. The van der Waals surface area contributed by atoms with Crippen molar-refractivity contribution in [3.8, 4) is 5.75 Å². The molecule has 0 saturated carbocycles.